The highest BCUT2D eigenvalue weighted by Crippen LogP contribution is 2.13. The lowest BCUT2D eigenvalue weighted by Crippen LogP contribution is -2.06. The summed E-state index contributed by atoms with van der Waals surface area (Å²) >= 11 is 0. The second kappa shape index (κ2) is 6.30. The van der Waals surface area contributed by atoms with Crippen molar-refractivity contribution < 1.29 is 9.53 Å². The summed E-state index contributed by atoms with van der Waals surface area (Å²) in [7, 11) is 0. The molecule has 1 rings (SSSR count). The van der Waals surface area contributed by atoms with Crippen LogP contribution in [-0.4, -0.2) is 12.6 Å². The first-order valence-corrected chi connectivity index (χ1v) is 5.25. The van der Waals surface area contributed by atoms with Crippen LogP contribution >= 0.6 is 0 Å². The molecular formula is C13H12N2O2. The Hall–Kier alpha value is -2.33. The predicted molar refractivity (Wildman–Crippen MR) is 61.0 cm³/mol. The molecule has 0 radical (unpaired) electrons. The summed E-state index contributed by atoms with van der Waals surface area (Å²) in [6.07, 6.45) is 0.428. The van der Waals surface area contributed by atoms with E-state index in [0.29, 0.717) is 12.2 Å². The van der Waals surface area contributed by atoms with Gasteiger partial charge >= 0.3 is 5.97 Å². The second-order valence-electron chi connectivity index (χ2n) is 3.43. The number of esters is 1. The highest BCUT2D eigenvalue weighted by Gasteiger charge is 2.09. The van der Waals surface area contributed by atoms with Gasteiger partial charge in [-0.15, -0.1) is 0 Å². The molecule has 86 valence electrons. The Morgan fingerprint density at radius 2 is 1.71 bits per heavy atom. The van der Waals surface area contributed by atoms with E-state index < -0.39 is 5.97 Å². The van der Waals surface area contributed by atoms with Gasteiger partial charge in [0.1, 0.15) is 0 Å². The number of carbonyl (C=O) groups is 1. The molecule has 1 aromatic carbocycles. The molecule has 0 aliphatic rings. The van der Waals surface area contributed by atoms with Crippen molar-refractivity contribution in [3.05, 3.63) is 34.9 Å². The number of carbonyl (C=O) groups excluding carboxylic acids is 1. The number of hydrogen-bond acceptors (Lipinski definition) is 4. The molecule has 1 aromatic rings. The van der Waals surface area contributed by atoms with E-state index in [0.717, 1.165) is 11.1 Å². The SMILES string of the molecule is CCOC(=O)c1cc(CC#N)cc(CC#N)c1. The highest BCUT2D eigenvalue weighted by molar-refractivity contribution is 5.89. The molecule has 0 aromatic heterocycles. The van der Waals surface area contributed by atoms with Gasteiger partial charge in [-0.25, -0.2) is 4.79 Å². The first-order chi connectivity index (χ1) is 8.21. The summed E-state index contributed by atoms with van der Waals surface area (Å²) in [6, 6.07) is 9.05. The summed E-state index contributed by atoms with van der Waals surface area (Å²) in [6.45, 7) is 2.03. The van der Waals surface area contributed by atoms with Gasteiger partial charge in [0.05, 0.1) is 37.2 Å². The van der Waals surface area contributed by atoms with Crippen LogP contribution in [0.2, 0.25) is 0 Å². The minimum atomic E-state index is -0.425. The molecule has 0 aliphatic heterocycles. The van der Waals surface area contributed by atoms with Crippen LogP contribution in [0.15, 0.2) is 18.2 Å². The summed E-state index contributed by atoms with van der Waals surface area (Å²) < 4.78 is 4.89. The largest absolute Gasteiger partial charge is 0.462 e. The van der Waals surface area contributed by atoms with Crippen molar-refractivity contribution in [1.29, 1.82) is 10.5 Å². The molecular weight excluding hydrogens is 216 g/mol. The van der Waals surface area contributed by atoms with Crippen molar-refractivity contribution >= 4 is 5.97 Å². The van der Waals surface area contributed by atoms with Gasteiger partial charge in [-0.1, -0.05) is 6.07 Å². The Morgan fingerprint density at radius 3 is 2.12 bits per heavy atom. The monoisotopic (exact) mass is 228 g/mol. The third-order valence-corrected chi connectivity index (χ3v) is 2.13. The van der Waals surface area contributed by atoms with Crippen molar-refractivity contribution in [3.8, 4) is 12.1 Å². The van der Waals surface area contributed by atoms with Gasteiger partial charge in [0.25, 0.3) is 0 Å². The molecule has 0 atom stereocenters. The van der Waals surface area contributed by atoms with Crippen LogP contribution in [0.25, 0.3) is 0 Å². The fourth-order valence-electron chi connectivity index (χ4n) is 1.48. The van der Waals surface area contributed by atoms with Gasteiger partial charge in [0.15, 0.2) is 0 Å². The molecule has 17 heavy (non-hydrogen) atoms. The van der Waals surface area contributed by atoms with Crippen LogP contribution in [0.1, 0.15) is 28.4 Å². The first kappa shape index (κ1) is 12.7. The predicted octanol–water partition coefficient (Wildman–Crippen LogP) is 2.00. The lowest BCUT2D eigenvalue weighted by atomic mass is 10.0. The van der Waals surface area contributed by atoms with Gasteiger partial charge in [-0.05, 0) is 30.2 Å². The van der Waals surface area contributed by atoms with E-state index >= 15 is 0 Å². The minimum Gasteiger partial charge on any atom is -0.462 e. The molecule has 0 fully saturated rings. The maximum atomic E-state index is 11.6. The molecule has 0 amide bonds. The van der Waals surface area contributed by atoms with Crippen molar-refractivity contribution in [2.75, 3.05) is 6.61 Å². The van der Waals surface area contributed by atoms with Crippen molar-refractivity contribution in [2.45, 2.75) is 19.8 Å². The average molecular weight is 228 g/mol. The number of ether oxygens (including phenoxy) is 1. The van der Waals surface area contributed by atoms with E-state index in [1.54, 1.807) is 25.1 Å². The third kappa shape index (κ3) is 3.62. The van der Waals surface area contributed by atoms with Gasteiger partial charge in [0, 0.05) is 0 Å². The average Bonchev–Trinajstić information content (AvgIpc) is 2.30. The van der Waals surface area contributed by atoms with E-state index in [2.05, 4.69) is 0 Å². The number of hydrogen-bond donors (Lipinski definition) is 0. The lowest BCUT2D eigenvalue weighted by Gasteiger charge is -2.05. The number of nitriles is 2. The first-order valence-electron chi connectivity index (χ1n) is 5.25. The van der Waals surface area contributed by atoms with Gasteiger partial charge in [0.2, 0.25) is 0 Å². The van der Waals surface area contributed by atoms with Crippen LogP contribution < -0.4 is 0 Å². The van der Waals surface area contributed by atoms with Crippen LogP contribution in [0.5, 0.6) is 0 Å². The standard InChI is InChI=1S/C13H12N2O2/c1-2-17-13(16)12-8-10(3-5-14)7-11(9-12)4-6-15/h7-9H,2-4H2,1H3. The van der Waals surface area contributed by atoms with E-state index in [1.807, 2.05) is 12.1 Å². The second-order valence-corrected chi connectivity index (χ2v) is 3.43. The molecule has 4 nitrogen and oxygen atoms in total. The molecule has 0 N–H and O–H groups in total. The summed E-state index contributed by atoms with van der Waals surface area (Å²) in [5.74, 6) is -0.425. The topological polar surface area (TPSA) is 73.9 Å². The lowest BCUT2D eigenvalue weighted by molar-refractivity contribution is 0.0526. The normalized spacial score (nSPS) is 9.12. The third-order valence-electron chi connectivity index (χ3n) is 2.13. The number of rotatable bonds is 4. The van der Waals surface area contributed by atoms with Crippen molar-refractivity contribution in [2.24, 2.45) is 0 Å². The molecule has 0 unspecified atom stereocenters. The van der Waals surface area contributed by atoms with E-state index in [9.17, 15) is 4.79 Å². The van der Waals surface area contributed by atoms with Crippen LogP contribution in [-0.2, 0) is 17.6 Å². The Bertz CT molecular complexity index is 461. The maximum Gasteiger partial charge on any atom is 0.338 e. The van der Waals surface area contributed by atoms with Crippen LogP contribution in [0, 0.1) is 22.7 Å². The summed E-state index contributed by atoms with van der Waals surface area (Å²) in [5, 5.41) is 17.3. The minimum absolute atomic E-state index is 0.214. The van der Waals surface area contributed by atoms with Gasteiger partial charge < -0.3 is 4.74 Å². The molecule has 0 aliphatic carbocycles. The Balaban J connectivity index is 3.08. The molecule has 4 heteroatoms. The molecule has 0 spiro atoms. The van der Waals surface area contributed by atoms with E-state index in [4.69, 9.17) is 15.3 Å². The fraction of sp³-hybridized carbons (Fsp3) is 0.308. The van der Waals surface area contributed by atoms with Crippen molar-refractivity contribution in [3.63, 3.8) is 0 Å². The van der Waals surface area contributed by atoms with Crippen molar-refractivity contribution in [1.82, 2.24) is 0 Å². The molecule has 0 saturated carbocycles. The van der Waals surface area contributed by atoms with Crippen LogP contribution in [0.4, 0.5) is 0 Å². The van der Waals surface area contributed by atoms with E-state index in [-0.39, 0.29) is 12.8 Å². The maximum absolute atomic E-state index is 11.6. The van der Waals surface area contributed by atoms with E-state index in [1.165, 1.54) is 0 Å². The smallest absolute Gasteiger partial charge is 0.338 e. The van der Waals surface area contributed by atoms with Gasteiger partial charge in [-0.3, -0.25) is 0 Å². The zero-order valence-electron chi connectivity index (χ0n) is 9.56. The highest BCUT2D eigenvalue weighted by atomic mass is 16.5. The number of nitrogens with zero attached hydrogens (tertiary/aromatic N) is 2. The Kier molecular flexibility index (Phi) is 4.72. The molecule has 0 bridgehead atoms. The summed E-state index contributed by atoms with van der Waals surface area (Å²) in [5.41, 5.74) is 1.84. The zero-order chi connectivity index (χ0) is 12.7. The Morgan fingerprint density at radius 1 is 1.18 bits per heavy atom. The van der Waals surface area contributed by atoms with Crippen LogP contribution in [0.3, 0.4) is 0 Å². The molecule has 0 heterocycles. The summed E-state index contributed by atoms with van der Waals surface area (Å²) in [4.78, 5) is 11.6. The quantitative estimate of drug-likeness (QED) is 0.738. The number of benzene rings is 1. The fourth-order valence-corrected chi connectivity index (χ4v) is 1.48. The Labute approximate surface area is 100 Å². The zero-order valence-corrected chi connectivity index (χ0v) is 9.56. The molecule has 0 saturated heterocycles. The van der Waals surface area contributed by atoms with Gasteiger partial charge in [-0.2, -0.15) is 10.5 Å².